The third kappa shape index (κ3) is 6.32. The second-order valence-electron chi connectivity index (χ2n) is 7.15. The molecule has 0 spiro atoms. The molecule has 1 atom stereocenters. The summed E-state index contributed by atoms with van der Waals surface area (Å²) in [5, 5.41) is 7.86. The van der Waals surface area contributed by atoms with Crippen molar-refractivity contribution in [2.24, 2.45) is 0 Å². The normalized spacial score (nSPS) is 17.7. The van der Waals surface area contributed by atoms with Gasteiger partial charge in [0, 0.05) is 22.7 Å². The molecule has 1 fully saturated rings. The Morgan fingerprint density at radius 1 is 1.32 bits per heavy atom. The zero-order chi connectivity index (χ0) is 22.6. The highest BCUT2D eigenvalue weighted by Gasteiger charge is 2.29. The van der Waals surface area contributed by atoms with Crippen LogP contribution in [0.1, 0.15) is 23.2 Å². The lowest BCUT2D eigenvalue weighted by Gasteiger charge is -2.10. The van der Waals surface area contributed by atoms with E-state index in [0.717, 1.165) is 11.6 Å². The molecule has 0 bridgehead atoms. The number of aryl methyl sites for hydroxylation is 1. The van der Waals surface area contributed by atoms with Gasteiger partial charge in [-0.15, -0.1) is 0 Å². The van der Waals surface area contributed by atoms with Gasteiger partial charge in [0.2, 0.25) is 0 Å². The van der Waals surface area contributed by atoms with E-state index >= 15 is 0 Å². The number of esters is 1. The van der Waals surface area contributed by atoms with Gasteiger partial charge in [-0.25, -0.2) is 17.9 Å². The van der Waals surface area contributed by atoms with Crippen LogP contribution in [0.5, 0.6) is 0 Å². The number of ether oxygens (including phenoxy) is 1. The van der Waals surface area contributed by atoms with Crippen LogP contribution in [0, 0.1) is 6.92 Å². The van der Waals surface area contributed by atoms with Crippen LogP contribution >= 0.6 is 23.2 Å². The summed E-state index contributed by atoms with van der Waals surface area (Å²) in [6, 6.07) is 6.90. The number of halogens is 2. The fraction of sp³-hybridized carbons (Fsp3) is 0.350. The van der Waals surface area contributed by atoms with Gasteiger partial charge >= 0.3 is 5.97 Å². The van der Waals surface area contributed by atoms with Crippen molar-refractivity contribution in [1.82, 2.24) is 15.1 Å². The number of carbonyl (C=O) groups excluding carboxylic acids is 2. The summed E-state index contributed by atoms with van der Waals surface area (Å²) >= 11 is 12.6. The minimum atomic E-state index is -3.10. The lowest BCUT2D eigenvalue weighted by atomic mass is 10.2. The highest BCUT2D eigenvalue weighted by Crippen LogP contribution is 2.24. The largest absolute Gasteiger partial charge is 0.452 e. The topological polar surface area (TPSA) is 107 Å². The zero-order valence-corrected chi connectivity index (χ0v) is 19.0. The first-order valence-electron chi connectivity index (χ1n) is 9.45. The van der Waals surface area contributed by atoms with Crippen molar-refractivity contribution >= 4 is 51.0 Å². The molecule has 8 nitrogen and oxygen atoms in total. The summed E-state index contributed by atoms with van der Waals surface area (Å²) in [6.45, 7) is 1.62. The fourth-order valence-corrected chi connectivity index (χ4v) is 5.33. The first-order valence-corrected chi connectivity index (χ1v) is 12.0. The van der Waals surface area contributed by atoms with E-state index in [1.54, 1.807) is 17.7 Å². The van der Waals surface area contributed by atoms with Gasteiger partial charge in [-0.2, -0.15) is 5.10 Å². The van der Waals surface area contributed by atoms with Gasteiger partial charge in [0.05, 0.1) is 23.7 Å². The van der Waals surface area contributed by atoms with Gasteiger partial charge in [-0.3, -0.25) is 4.79 Å². The molecule has 31 heavy (non-hydrogen) atoms. The number of benzene rings is 1. The second kappa shape index (κ2) is 9.84. The quantitative estimate of drug-likeness (QED) is 0.476. The van der Waals surface area contributed by atoms with Gasteiger partial charge in [0.1, 0.15) is 5.15 Å². The number of hydrogen-bond donors (Lipinski definition) is 1. The molecule has 3 rings (SSSR count). The summed E-state index contributed by atoms with van der Waals surface area (Å²) < 4.78 is 29.3. The summed E-state index contributed by atoms with van der Waals surface area (Å²) in [7, 11) is -3.10. The molecule has 1 aromatic carbocycles. The Balaban J connectivity index is 1.55. The predicted octanol–water partition coefficient (Wildman–Crippen LogP) is 2.41. The minimum absolute atomic E-state index is 0.0464. The molecule has 1 aliphatic heterocycles. The van der Waals surface area contributed by atoms with Gasteiger partial charge in [-0.05, 0) is 31.1 Å². The number of nitrogens with zero attached hydrogens (tertiary/aromatic N) is 2. The standard InChI is InChI=1S/C20H21Cl2N3O5S/c1-13-16(20(22)25(24-13)10-14-4-2-3-5-17(14)21)6-7-19(27)30-11-18(26)23-15-8-9-31(28,29)12-15/h2-7,15H,8-12H2,1H3,(H,23,26)/b7-6+. The number of aromatic nitrogens is 2. The highest BCUT2D eigenvalue weighted by molar-refractivity contribution is 7.91. The maximum atomic E-state index is 12.0. The maximum Gasteiger partial charge on any atom is 0.331 e. The number of rotatable bonds is 7. The molecule has 1 saturated heterocycles. The first kappa shape index (κ1) is 23.3. The van der Waals surface area contributed by atoms with E-state index in [-0.39, 0.29) is 11.5 Å². The Kier molecular flexibility index (Phi) is 7.40. The van der Waals surface area contributed by atoms with E-state index in [2.05, 4.69) is 10.4 Å². The van der Waals surface area contributed by atoms with Crippen molar-refractivity contribution in [2.75, 3.05) is 18.1 Å². The van der Waals surface area contributed by atoms with Crippen LogP contribution in [0.15, 0.2) is 30.3 Å². The molecule has 0 radical (unpaired) electrons. The van der Waals surface area contributed by atoms with Crippen LogP contribution in [0.2, 0.25) is 10.2 Å². The van der Waals surface area contributed by atoms with E-state index < -0.39 is 34.4 Å². The number of carbonyl (C=O) groups is 2. The number of nitrogens with one attached hydrogen (secondary N) is 1. The lowest BCUT2D eigenvalue weighted by Crippen LogP contribution is -2.38. The SMILES string of the molecule is Cc1nn(Cc2ccccc2Cl)c(Cl)c1/C=C/C(=O)OCC(=O)NC1CCS(=O)(=O)C1. The van der Waals surface area contributed by atoms with Crippen molar-refractivity contribution < 1.29 is 22.7 Å². The summed E-state index contributed by atoms with van der Waals surface area (Å²) in [5.74, 6) is -1.33. The molecule has 166 valence electrons. The van der Waals surface area contributed by atoms with Crippen LogP contribution in [0.25, 0.3) is 6.08 Å². The molecule has 1 unspecified atom stereocenters. The Morgan fingerprint density at radius 2 is 2.06 bits per heavy atom. The second-order valence-corrected chi connectivity index (χ2v) is 10.1. The lowest BCUT2D eigenvalue weighted by molar-refractivity contribution is -0.143. The number of amides is 1. The Labute approximate surface area is 190 Å². The third-order valence-electron chi connectivity index (χ3n) is 4.72. The number of sulfone groups is 1. The van der Waals surface area contributed by atoms with Gasteiger partial charge in [0.25, 0.3) is 5.91 Å². The smallest absolute Gasteiger partial charge is 0.331 e. The van der Waals surface area contributed by atoms with Crippen LogP contribution in [0.4, 0.5) is 0 Å². The van der Waals surface area contributed by atoms with Crippen molar-refractivity contribution in [3.05, 3.63) is 57.3 Å². The summed E-state index contributed by atoms with van der Waals surface area (Å²) in [4.78, 5) is 23.8. The molecule has 2 aromatic rings. The monoisotopic (exact) mass is 485 g/mol. The van der Waals surface area contributed by atoms with Crippen LogP contribution in [0.3, 0.4) is 0 Å². The zero-order valence-electron chi connectivity index (χ0n) is 16.7. The van der Waals surface area contributed by atoms with Crippen molar-refractivity contribution in [2.45, 2.75) is 25.9 Å². The Hall–Kier alpha value is -2.36. The molecule has 0 aliphatic carbocycles. The summed E-state index contributed by atoms with van der Waals surface area (Å²) in [5.41, 5.74) is 2.01. The van der Waals surface area contributed by atoms with E-state index in [4.69, 9.17) is 27.9 Å². The maximum absolute atomic E-state index is 12.0. The molecule has 0 saturated carbocycles. The van der Waals surface area contributed by atoms with Gasteiger partial charge in [-0.1, -0.05) is 41.4 Å². The van der Waals surface area contributed by atoms with Crippen LogP contribution in [-0.4, -0.2) is 54.2 Å². The first-order chi connectivity index (χ1) is 14.6. The fourth-order valence-electron chi connectivity index (χ4n) is 3.16. The average Bonchev–Trinajstić information content (AvgIpc) is 3.18. The molecule has 1 aliphatic rings. The predicted molar refractivity (Wildman–Crippen MR) is 118 cm³/mol. The minimum Gasteiger partial charge on any atom is -0.452 e. The van der Waals surface area contributed by atoms with E-state index in [1.807, 2.05) is 18.2 Å². The highest BCUT2D eigenvalue weighted by atomic mass is 35.5. The molecule has 11 heteroatoms. The molecule has 1 aromatic heterocycles. The van der Waals surface area contributed by atoms with Crippen molar-refractivity contribution in [3.63, 3.8) is 0 Å². The molecular weight excluding hydrogens is 465 g/mol. The van der Waals surface area contributed by atoms with Gasteiger partial charge in [0.15, 0.2) is 16.4 Å². The Bertz CT molecular complexity index is 1130. The van der Waals surface area contributed by atoms with Crippen molar-refractivity contribution in [3.8, 4) is 0 Å². The van der Waals surface area contributed by atoms with E-state index in [0.29, 0.717) is 34.4 Å². The van der Waals surface area contributed by atoms with Crippen LogP contribution < -0.4 is 5.32 Å². The summed E-state index contributed by atoms with van der Waals surface area (Å²) in [6.07, 6.45) is 2.98. The average molecular weight is 486 g/mol. The third-order valence-corrected chi connectivity index (χ3v) is 7.25. The molecular formula is C20H21Cl2N3O5S. The Morgan fingerprint density at radius 3 is 2.74 bits per heavy atom. The van der Waals surface area contributed by atoms with E-state index in [9.17, 15) is 18.0 Å². The van der Waals surface area contributed by atoms with E-state index in [1.165, 1.54) is 6.08 Å². The molecule has 1 amide bonds. The molecule has 1 N–H and O–H groups in total. The van der Waals surface area contributed by atoms with Crippen molar-refractivity contribution in [1.29, 1.82) is 0 Å². The molecule has 2 heterocycles. The van der Waals surface area contributed by atoms with Gasteiger partial charge < -0.3 is 10.1 Å². The van der Waals surface area contributed by atoms with Crippen LogP contribution in [-0.2, 0) is 30.7 Å². The number of hydrogen-bond acceptors (Lipinski definition) is 6.